The molecule has 3 amide bonds. The van der Waals surface area contributed by atoms with Crippen molar-refractivity contribution in [1.82, 2.24) is 24.9 Å². The van der Waals surface area contributed by atoms with Crippen molar-refractivity contribution in [3.8, 4) is 0 Å². The van der Waals surface area contributed by atoms with Crippen LogP contribution in [0.4, 0.5) is 10.1 Å². The second-order valence-corrected chi connectivity index (χ2v) is 15.6. The number of aryl methyl sites for hydroxylation is 1. The molecule has 270 valence electrons. The number of hydrogen-bond acceptors (Lipinski definition) is 7. The minimum atomic E-state index is -0.620. The van der Waals surface area contributed by atoms with Gasteiger partial charge in [-0.2, -0.15) is 5.10 Å². The van der Waals surface area contributed by atoms with Gasteiger partial charge in [-0.25, -0.2) is 9.07 Å². The Labute approximate surface area is 302 Å². The smallest absolute Gasteiger partial charge is 0.287 e. The number of likely N-dealkylation sites (tertiary alicyclic amines) is 2. The fourth-order valence-corrected chi connectivity index (χ4v) is 9.12. The van der Waals surface area contributed by atoms with Crippen molar-refractivity contribution in [3.63, 3.8) is 0 Å². The lowest BCUT2D eigenvalue weighted by Crippen LogP contribution is -2.44. The van der Waals surface area contributed by atoms with E-state index in [1.165, 1.54) is 10.2 Å². The monoisotopic (exact) mass is 716 g/mol. The molecule has 12 heteroatoms. The molecule has 0 radical (unpaired) electrons. The fourth-order valence-electron chi connectivity index (χ4n) is 8.90. The summed E-state index contributed by atoms with van der Waals surface area (Å²) in [5.41, 5.74) is 3.66. The highest BCUT2D eigenvalue weighted by atomic mass is 35.5. The maximum Gasteiger partial charge on any atom is 0.287 e. The van der Waals surface area contributed by atoms with Gasteiger partial charge in [0.05, 0.1) is 17.8 Å². The number of carbonyl (C=O) groups excluding carboxylic acids is 3. The standard InChI is InChI=1S/C39H46ClFN6O4/c1-45-22-28(19-29(23-45)43-33-21-42-46(2)38(51)35(33)40)24-3-5-26(6-4-24)37(50)47-17-15-39(16-18-47)13-11-25(12-14-39)27-7-8-30(32(41)20-27)31-9-10-34(48)44-36(31)49/h3-8,20-21,25,28-29,31,43H,9-19,22-23H2,1-2H3,(H,44,48,49)/t28-,29+,31?/m1/s1. The van der Waals surface area contributed by atoms with Gasteiger partial charge >= 0.3 is 0 Å². The second kappa shape index (κ2) is 14.5. The first-order chi connectivity index (χ1) is 24.5. The Morgan fingerprint density at radius 3 is 2.33 bits per heavy atom. The largest absolute Gasteiger partial charge is 0.378 e. The van der Waals surface area contributed by atoms with E-state index < -0.39 is 11.8 Å². The number of hydrogen-bond donors (Lipinski definition) is 2. The van der Waals surface area contributed by atoms with E-state index in [0.717, 1.165) is 76.7 Å². The molecule has 3 atom stereocenters. The number of likely N-dealkylation sites (N-methyl/N-ethyl adjacent to an activating group) is 1. The third kappa shape index (κ3) is 7.46. The van der Waals surface area contributed by atoms with Gasteiger partial charge in [0.25, 0.3) is 11.5 Å². The summed E-state index contributed by atoms with van der Waals surface area (Å²) >= 11 is 6.31. The van der Waals surface area contributed by atoms with Crippen molar-refractivity contribution in [2.75, 3.05) is 38.5 Å². The first-order valence-corrected chi connectivity index (χ1v) is 18.6. The van der Waals surface area contributed by atoms with E-state index in [-0.39, 0.29) is 57.9 Å². The van der Waals surface area contributed by atoms with E-state index >= 15 is 4.39 Å². The molecule has 0 bridgehead atoms. The second-order valence-electron chi connectivity index (χ2n) is 15.3. The summed E-state index contributed by atoms with van der Waals surface area (Å²) in [4.78, 5) is 53.9. The number of piperidine rings is 3. The van der Waals surface area contributed by atoms with Crippen LogP contribution >= 0.6 is 11.6 Å². The lowest BCUT2D eigenvalue weighted by Gasteiger charge is -2.46. The number of carbonyl (C=O) groups is 3. The average Bonchev–Trinajstić information content (AvgIpc) is 3.12. The molecule has 7 rings (SSSR count). The summed E-state index contributed by atoms with van der Waals surface area (Å²) in [6.07, 6.45) is 9.04. The average molecular weight is 717 g/mol. The predicted molar refractivity (Wildman–Crippen MR) is 193 cm³/mol. The zero-order valence-corrected chi connectivity index (χ0v) is 30.1. The number of aromatic nitrogens is 2. The van der Waals surface area contributed by atoms with Crippen LogP contribution in [0.1, 0.15) is 103 Å². The Balaban J connectivity index is 0.911. The first-order valence-electron chi connectivity index (χ1n) is 18.2. The molecule has 3 aromatic rings. The number of halogens is 2. The first kappa shape index (κ1) is 35.3. The van der Waals surface area contributed by atoms with Crippen molar-refractivity contribution < 1.29 is 18.8 Å². The number of anilines is 1. The maximum atomic E-state index is 15.2. The third-order valence-corrected chi connectivity index (χ3v) is 12.3. The summed E-state index contributed by atoms with van der Waals surface area (Å²) in [5.74, 6) is -1.10. The summed E-state index contributed by atoms with van der Waals surface area (Å²) in [7, 11) is 3.66. The van der Waals surface area contributed by atoms with Crippen molar-refractivity contribution in [3.05, 3.63) is 92.1 Å². The van der Waals surface area contributed by atoms with Crippen LogP contribution in [0.3, 0.4) is 0 Å². The Hall–Kier alpha value is -4.09. The Kier molecular flexibility index (Phi) is 10.0. The number of amides is 3. The lowest BCUT2D eigenvalue weighted by atomic mass is 9.64. The van der Waals surface area contributed by atoms with E-state index in [1.807, 2.05) is 23.1 Å². The van der Waals surface area contributed by atoms with Gasteiger partial charge in [-0.15, -0.1) is 0 Å². The van der Waals surface area contributed by atoms with E-state index in [1.54, 1.807) is 25.4 Å². The van der Waals surface area contributed by atoms with Gasteiger partial charge in [0, 0.05) is 56.8 Å². The fraction of sp³-hybridized carbons (Fsp3) is 0.513. The molecule has 3 saturated heterocycles. The SMILES string of the molecule is CN1C[C@@H](Nc2cnn(C)c(=O)c2Cl)C[C@@H](c2ccc(C(=O)N3CCC4(CCC(c5ccc(C6CCC(=O)NC6=O)c(F)c5)CC4)CC3)cc2)C1. The molecular weight excluding hydrogens is 671 g/mol. The third-order valence-electron chi connectivity index (χ3n) is 12.0. The molecule has 4 heterocycles. The number of rotatable bonds is 6. The van der Waals surface area contributed by atoms with Gasteiger partial charge in [0.15, 0.2) is 0 Å². The molecule has 1 aromatic heterocycles. The number of benzene rings is 2. The maximum absolute atomic E-state index is 15.2. The van der Waals surface area contributed by atoms with Crippen LogP contribution in [0.25, 0.3) is 0 Å². The Morgan fingerprint density at radius 1 is 0.941 bits per heavy atom. The topological polar surface area (TPSA) is 117 Å². The van der Waals surface area contributed by atoms with Crippen molar-refractivity contribution in [2.24, 2.45) is 12.5 Å². The molecular formula is C39H46ClFN6O4. The van der Waals surface area contributed by atoms with Crippen LogP contribution < -0.4 is 16.2 Å². The lowest BCUT2D eigenvalue weighted by molar-refractivity contribution is -0.134. The van der Waals surface area contributed by atoms with Crippen LogP contribution in [-0.4, -0.2) is 76.6 Å². The molecule has 4 aliphatic rings. The highest BCUT2D eigenvalue weighted by molar-refractivity contribution is 6.32. The molecule has 2 aromatic carbocycles. The van der Waals surface area contributed by atoms with Gasteiger partial charge < -0.3 is 15.1 Å². The van der Waals surface area contributed by atoms with Crippen LogP contribution in [0.5, 0.6) is 0 Å². The molecule has 1 spiro atoms. The van der Waals surface area contributed by atoms with Gasteiger partial charge in [-0.05, 0) is 105 Å². The zero-order chi connectivity index (χ0) is 35.9. The van der Waals surface area contributed by atoms with E-state index in [2.05, 4.69) is 39.8 Å². The molecule has 51 heavy (non-hydrogen) atoms. The minimum Gasteiger partial charge on any atom is -0.378 e. The minimum absolute atomic E-state index is 0.0739. The van der Waals surface area contributed by atoms with Crippen LogP contribution in [-0.2, 0) is 16.6 Å². The molecule has 1 saturated carbocycles. The quantitative estimate of drug-likeness (QED) is 0.321. The number of nitrogens with zero attached hydrogens (tertiary/aromatic N) is 4. The van der Waals surface area contributed by atoms with Gasteiger partial charge in [0.2, 0.25) is 11.8 Å². The summed E-state index contributed by atoms with van der Waals surface area (Å²) < 4.78 is 16.4. The molecule has 3 aliphatic heterocycles. The molecule has 2 N–H and O–H groups in total. The summed E-state index contributed by atoms with van der Waals surface area (Å²) in [6, 6.07) is 13.4. The van der Waals surface area contributed by atoms with E-state index in [9.17, 15) is 19.2 Å². The highest BCUT2D eigenvalue weighted by Gasteiger charge is 2.40. The molecule has 4 fully saturated rings. The van der Waals surface area contributed by atoms with Gasteiger partial charge in [-0.3, -0.25) is 24.5 Å². The van der Waals surface area contributed by atoms with E-state index in [0.29, 0.717) is 23.2 Å². The molecule has 1 aliphatic carbocycles. The zero-order valence-electron chi connectivity index (χ0n) is 29.3. The van der Waals surface area contributed by atoms with Gasteiger partial charge in [0.1, 0.15) is 10.8 Å². The number of nitrogens with one attached hydrogen (secondary N) is 2. The van der Waals surface area contributed by atoms with Crippen molar-refractivity contribution in [2.45, 2.75) is 81.6 Å². The Bertz CT molecular complexity index is 1860. The van der Waals surface area contributed by atoms with Crippen LogP contribution in [0.15, 0.2) is 53.5 Å². The van der Waals surface area contributed by atoms with Crippen LogP contribution in [0, 0.1) is 11.2 Å². The van der Waals surface area contributed by atoms with E-state index in [4.69, 9.17) is 11.6 Å². The van der Waals surface area contributed by atoms with Crippen molar-refractivity contribution in [1.29, 1.82) is 0 Å². The number of imide groups is 1. The highest BCUT2D eigenvalue weighted by Crippen LogP contribution is 2.49. The Morgan fingerprint density at radius 2 is 1.65 bits per heavy atom. The van der Waals surface area contributed by atoms with Crippen LogP contribution in [0.2, 0.25) is 5.02 Å². The molecule has 1 unspecified atom stereocenters. The predicted octanol–water partition coefficient (Wildman–Crippen LogP) is 5.57. The van der Waals surface area contributed by atoms with Gasteiger partial charge in [-0.1, -0.05) is 35.9 Å². The van der Waals surface area contributed by atoms with Crippen molar-refractivity contribution >= 4 is 35.0 Å². The summed E-state index contributed by atoms with van der Waals surface area (Å²) in [5, 5.41) is 10.0. The molecule has 10 nitrogen and oxygen atoms in total. The normalized spacial score (nSPS) is 24.4. The summed E-state index contributed by atoms with van der Waals surface area (Å²) in [6.45, 7) is 3.18.